The summed E-state index contributed by atoms with van der Waals surface area (Å²) >= 11 is 0. The van der Waals surface area contributed by atoms with Gasteiger partial charge in [0.15, 0.2) is 11.3 Å². The average Bonchev–Trinajstić information content (AvgIpc) is 2.66. The van der Waals surface area contributed by atoms with Crippen molar-refractivity contribution in [3.05, 3.63) is 47.3 Å². The van der Waals surface area contributed by atoms with Gasteiger partial charge in [0.1, 0.15) is 12.1 Å². The second kappa shape index (κ2) is 7.57. The molecule has 0 atom stereocenters. The number of nitrogens with zero attached hydrogens (tertiary/aromatic N) is 3. The Morgan fingerprint density at radius 1 is 1.12 bits per heavy atom. The summed E-state index contributed by atoms with van der Waals surface area (Å²) in [6, 6.07) is 10.1. The molecule has 25 heavy (non-hydrogen) atoms. The number of nitriles is 2. The topological polar surface area (TPSA) is 125 Å². The predicted molar refractivity (Wildman–Crippen MR) is 86.8 cm³/mol. The van der Waals surface area contributed by atoms with Crippen LogP contribution < -0.4 is 5.32 Å². The van der Waals surface area contributed by atoms with Crippen LogP contribution in [0.4, 0.5) is 5.69 Å². The Kier molecular flexibility index (Phi) is 5.29. The van der Waals surface area contributed by atoms with Crippen molar-refractivity contribution in [2.24, 2.45) is 0 Å². The van der Waals surface area contributed by atoms with E-state index in [2.05, 4.69) is 19.8 Å². The van der Waals surface area contributed by atoms with Crippen LogP contribution in [0.2, 0.25) is 0 Å². The third kappa shape index (κ3) is 3.38. The number of benzene rings is 1. The molecule has 8 heteroatoms. The quantitative estimate of drug-likeness (QED) is 0.507. The standard InChI is InChI=1S/C17H12N4O4/c1-24-16(22)12(9-19)15(17(23)25-2)21-14-6-5-13-10(11(14)8-18)4-3-7-20-13/h3-7,21H,1-2H3. The van der Waals surface area contributed by atoms with Gasteiger partial charge in [-0.05, 0) is 24.3 Å². The number of hydrogen-bond acceptors (Lipinski definition) is 8. The zero-order valence-corrected chi connectivity index (χ0v) is 13.4. The van der Waals surface area contributed by atoms with Crippen LogP contribution in [0.25, 0.3) is 10.9 Å². The molecule has 1 aromatic heterocycles. The van der Waals surface area contributed by atoms with Gasteiger partial charge in [-0.3, -0.25) is 4.98 Å². The molecule has 1 aromatic carbocycles. The fourth-order valence-electron chi connectivity index (χ4n) is 2.14. The van der Waals surface area contributed by atoms with E-state index in [1.807, 2.05) is 6.07 Å². The lowest BCUT2D eigenvalue weighted by atomic mass is 10.1. The van der Waals surface area contributed by atoms with E-state index < -0.39 is 23.2 Å². The number of hydrogen-bond donors (Lipinski definition) is 1. The van der Waals surface area contributed by atoms with Gasteiger partial charge in [-0.2, -0.15) is 10.5 Å². The summed E-state index contributed by atoms with van der Waals surface area (Å²) in [6.45, 7) is 0. The first-order valence-electron chi connectivity index (χ1n) is 6.93. The molecular weight excluding hydrogens is 324 g/mol. The number of ether oxygens (including phenoxy) is 2. The molecule has 0 spiro atoms. The summed E-state index contributed by atoms with van der Waals surface area (Å²) in [7, 11) is 2.18. The first-order chi connectivity index (χ1) is 12.1. The minimum Gasteiger partial charge on any atom is -0.465 e. The summed E-state index contributed by atoms with van der Waals surface area (Å²) in [5, 5.41) is 21.8. The molecule has 0 aliphatic rings. The summed E-state index contributed by atoms with van der Waals surface area (Å²) in [5.74, 6) is -1.95. The molecule has 0 aliphatic carbocycles. The van der Waals surface area contributed by atoms with Gasteiger partial charge in [0.2, 0.25) is 0 Å². The van der Waals surface area contributed by atoms with Crippen LogP contribution >= 0.6 is 0 Å². The van der Waals surface area contributed by atoms with Gasteiger partial charge in [-0.15, -0.1) is 0 Å². The number of nitrogens with one attached hydrogen (secondary N) is 1. The average molecular weight is 336 g/mol. The Balaban J connectivity index is 2.65. The molecule has 0 amide bonds. The number of esters is 2. The zero-order chi connectivity index (χ0) is 18.4. The molecule has 0 saturated heterocycles. The Morgan fingerprint density at radius 3 is 2.44 bits per heavy atom. The van der Waals surface area contributed by atoms with E-state index >= 15 is 0 Å². The maximum absolute atomic E-state index is 12.0. The van der Waals surface area contributed by atoms with Gasteiger partial charge in [0.05, 0.1) is 31.0 Å². The van der Waals surface area contributed by atoms with Crippen LogP contribution in [0.1, 0.15) is 5.56 Å². The second-order valence-electron chi connectivity index (χ2n) is 4.64. The van der Waals surface area contributed by atoms with Crippen molar-refractivity contribution >= 4 is 28.5 Å². The van der Waals surface area contributed by atoms with Gasteiger partial charge in [0.25, 0.3) is 0 Å². The molecular formula is C17H12N4O4. The number of aromatic nitrogens is 1. The number of fused-ring (bicyclic) bond motifs is 1. The Labute approximate surface area is 142 Å². The summed E-state index contributed by atoms with van der Waals surface area (Å²) < 4.78 is 9.11. The van der Waals surface area contributed by atoms with Crippen LogP contribution in [0.5, 0.6) is 0 Å². The molecule has 0 aliphatic heterocycles. The monoisotopic (exact) mass is 336 g/mol. The summed E-state index contributed by atoms with van der Waals surface area (Å²) in [4.78, 5) is 27.9. The largest absolute Gasteiger partial charge is 0.465 e. The highest BCUT2D eigenvalue weighted by Crippen LogP contribution is 2.26. The number of rotatable bonds is 4. The Hall–Kier alpha value is -3.91. The fourth-order valence-corrected chi connectivity index (χ4v) is 2.14. The molecule has 8 nitrogen and oxygen atoms in total. The first-order valence-corrected chi connectivity index (χ1v) is 6.93. The predicted octanol–water partition coefficient (Wildman–Crippen LogP) is 1.64. The van der Waals surface area contributed by atoms with Gasteiger partial charge in [-0.25, -0.2) is 9.59 Å². The number of carbonyl (C=O) groups excluding carboxylic acids is 2. The van der Waals surface area contributed by atoms with Gasteiger partial charge < -0.3 is 14.8 Å². The summed E-state index contributed by atoms with van der Waals surface area (Å²) in [5.41, 5.74) is 0.0250. The molecule has 0 bridgehead atoms. The van der Waals surface area contributed by atoms with Gasteiger partial charge >= 0.3 is 11.9 Å². The number of carbonyl (C=O) groups is 2. The third-order valence-corrected chi connectivity index (χ3v) is 3.30. The lowest BCUT2D eigenvalue weighted by molar-refractivity contribution is -0.138. The van der Waals surface area contributed by atoms with Crippen molar-refractivity contribution in [1.82, 2.24) is 4.98 Å². The highest BCUT2D eigenvalue weighted by atomic mass is 16.5. The van der Waals surface area contributed by atoms with E-state index in [9.17, 15) is 20.1 Å². The van der Waals surface area contributed by atoms with E-state index in [0.29, 0.717) is 10.9 Å². The van der Waals surface area contributed by atoms with Crippen molar-refractivity contribution in [2.75, 3.05) is 19.5 Å². The fraction of sp³-hybridized carbons (Fsp3) is 0.118. The van der Waals surface area contributed by atoms with E-state index in [1.165, 1.54) is 6.07 Å². The van der Waals surface area contributed by atoms with E-state index in [4.69, 9.17) is 0 Å². The molecule has 124 valence electrons. The summed E-state index contributed by atoms with van der Waals surface area (Å²) in [6.07, 6.45) is 1.58. The van der Waals surface area contributed by atoms with E-state index in [1.54, 1.807) is 30.5 Å². The van der Waals surface area contributed by atoms with Crippen LogP contribution in [-0.2, 0) is 19.1 Å². The lowest BCUT2D eigenvalue weighted by Crippen LogP contribution is -2.20. The molecule has 0 saturated carbocycles. The van der Waals surface area contributed by atoms with Crippen molar-refractivity contribution in [3.8, 4) is 12.1 Å². The molecule has 0 fully saturated rings. The minimum atomic E-state index is -1.00. The highest BCUT2D eigenvalue weighted by Gasteiger charge is 2.24. The van der Waals surface area contributed by atoms with E-state index in [0.717, 1.165) is 14.2 Å². The molecule has 2 aromatic rings. The van der Waals surface area contributed by atoms with Crippen molar-refractivity contribution in [1.29, 1.82) is 10.5 Å². The van der Waals surface area contributed by atoms with Crippen LogP contribution in [0, 0.1) is 22.7 Å². The smallest absolute Gasteiger partial charge is 0.356 e. The maximum Gasteiger partial charge on any atom is 0.356 e. The second-order valence-corrected chi connectivity index (χ2v) is 4.64. The zero-order valence-electron chi connectivity index (χ0n) is 13.4. The van der Waals surface area contributed by atoms with Gasteiger partial charge in [0, 0.05) is 11.6 Å². The van der Waals surface area contributed by atoms with Crippen molar-refractivity contribution < 1.29 is 19.1 Å². The number of methoxy groups -OCH3 is 2. The SMILES string of the molecule is COC(=O)C(C#N)=C(Nc1ccc2ncccc2c1C#N)C(=O)OC. The minimum absolute atomic E-state index is 0.203. The van der Waals surface area contributed by atoms with Crippen LogP contribution in [-0.4, -0.2) is 31.1 Å². The van der Waals surface area contributed by atoms with Crippen molar-refractivity contribution in [2.45, 2.75) is 0 Å². The van der Waals surface area contributed by atoms with Gasteiger partial charge in [-0.1, -0.05) is 0 Å². The first kappa shape index (κ1) is 17.4. The maximum atomic E-state index is 12.0. The number of pyridine rings is 1. The van der Waals surface area contributed by atoms with E-state index in [-0.39, 0.29) is 11.3 Å². The van der Waals surface area contributed by atoms with Crippen LogP contribution in [0.15, 0.2) is 41.7 Å². The van der Waals surface area contributed by atoms with Crippen molar-refractivity contribution in [3.63, 3.8) is 0 Å². The molecule has 1 heterocycles. The molecule has 1 N–H and O–H groups in total. The van der Waals surface area contributed by atoms with Crippen LogP contribution in [0.3, 0.4) is 0 Å². The number of anilines is 1. The Morgan fingerprint density at radius 2 is 1.84 bits per heavy atom. The lowest BCUT2D eigenvalue weighted by Gasteiger charge is -2.13. The normalized spacial score (nSPS) is 10.9. The molecule has 0 radical (unpaired) electrons. The Bertz CT molecular complexity index is 967. The highest BCUT2D eigenvalue weighted by molar-refractivity contribution is 6.05. The molecule has 0 unspecified atom stereocenters. The third-order valence-electron chi connectivity index (χ3n) is 3.30. The molecule has 2 rings (SSSR count).